The highest BCUT2D eigenvalue weighted by atomic mass is 16.5. The van der Waals surface area contributed by atoms with E-state index in [4.69, 9.17) is 5.21 Å². The van der Waals surface area contributed by atoms with Crippen LogP contribution >= 0.6 is 0 Å². The number of hydrogen-bond acceptors (Lipinski definition) is 7. The molecule has 3 rings (SSSR count). The molecule has 3 N–H and O–H groups in total. The van der Waals surface area contributed by atoms with Gasteiger partial charge in [0.1, 0.15) is 0 Å². The number of anilines is 3. The van der Waals surface area contributed by atoms with Crippen LogP contribution in [0.3, 0.4) is 0 Å². The summed E-state index contributed by atoms with van der Waals surface area (Å²) in [6.07, 6.45) is 4.41. The Bertz CT molecular complexity index is 615. The van der Waals surface area contributed by atoms with Gasteiger partial charge in [0.15, 0.2) is 0 Å². The molecular weight excluding hydrogens is 292 g/mol. The number of rotatable bonds is 6. The quantitative estimate of drug-likeness (QED) is 0.705. The third kappa shape index (κ3) is 4.29. The Balaban J connectivity index is 1.65. The monoisotopic (exact) mass is 314 g/mol. The van der Waals surface area contributed by atoms with Gasteiger partial charge in [0.25, 0.3) is 5.95 Å². The number of hydrogen-bond donors (Lipinski definition) is 3. The Labute approximate surface area is 135 Å². The van der Waals surface area contributed by atoms with Gasteiger partial charge in [-0.05, 0) is 31.2 Å². The average molecular weight is 314 g/mol. The Morgan fingerprint density at radius 1 is 0.957 bits per heavy atom. The molecule has 0 unspecified atom stereocenters. The highest BCUT2D eigenvalue weighted by Crippen LogP contribution is 2.18. The summed E-state index contributed by atoms with van der Waals surface area (Å²) < 4.78 is 0. The predicted octanol–water partition coefficient (Wildman–Crippen LogP) is 2.32. The second-order valence-electron chi connectivity index (χ2n) is 5.60. The van der Waals surface area contributed by atoms with E-state index in [1.807, 2.05) is 23.7 Å². The number of nitrogens with one attached hydrogen (secondary N) is 2. The maximum Gasteiger partial charge on any atom is 0.253 e. The molecule has 0 spiro atoms. The molecule has 1 fully saturated rings. The molecule has 1 aliphatic heterocycles. The molecule has 122 valence electrons. The molecule has 7 nitrogen and oxygen atoms in total. The highest BCUT2D eigenvalue weighted by molar-refractivity contribution is 5.43. The second-order valence-corrected chi connectivity index (χ2v) is 5.60. The Morgan fingerprint density at radius 3 is 2.43 bits per heavy atom. The van der Waals surface area contributed by atoms with Crippen LogP contribution in [0, 0.1) is 0 Å². The zero-order valence-corrected chi connectivity index (χ0v) is 13.1. The standard InChI is InChI=1S/C16H22N6O/c23-21-15-18-14(17-10-9-13-7-3-1-4-8-13)19-16(20-15)22-11-5-2-6-12-22/h1,3-4,7-8,23H,2,5-6,9-12H2,(H2,17,18,19,20,21). The molecule has 1 aromatic carbocycles. The minimum atomic E-state index is 0.169. The van der Waals surface area contributed by atoms with Gasteiger partial charge in [-0.3, -0.25) is 5.21 Å². The van der Waals surface area contributed by atoms with Gasteiger partial charge in [0.05, 0.1) is 0 Å². The first kappa shape index (κ1) is 15.5. The minimum Gasteiger partial charge on any atom is -0.354 e. The number of piperidine rings is 1. The first-order valence-electron chi connectivity index (χ1n) is 8.04. The van der Waals surface area contributed by atoms with E-state index in [1.165, 1.54) is 12.0 Å². The van der Waals surface area contributed by atoms with E-state index >= 15 is 0 Å². The normalized spacial score (nSPS) is 14.6. The maximum absolute atomic E-state index is 9.14. The lowest BCUT2D eigenvalue weighted by Gasteiger charge is -2.26. The Hall–Kier alpha value is -2.41. The smallest absolute Gasteiger partial charge is 0.253 e. The van der Waals surface area contributed by atoms with Crippen LogP contribution in [0.2, 0.25) is 0 Å². The van der Waals surface area contributed by atoms with Gasteiger partial charge >= 0.3 is 0 Å². The van der Waals surface area contributed by atoms with E-state index < -0.39 is 0 Å². The van der Waals surface area contributed by atoms with Gasteiger partial charge in [-0.25, -0.2) is 5.48 Å². The van der Waals surface area contributed by atoms with Crippen molar-refractivity contribution >= 4 is 17.8 Å². The molecule has 7 heteroatoms. The molecule has 0 amide bonds. The number of nitrogens with zero attached hydrogens (tertiary/aromatic N) is 4. The molecule has 0 aliphatic carbocycles. The summed E-state index contributed by atoms with van der Waals surface area (Å²) >= 11 is 0. The second kappa shape index (κ2) is 7.73. The molecule has 1 aromatic heterocycles. The van der Waals surface area contributed by atoms with Crippen molar-refractivity contribution in [2.45, 2.75) is 25.7 Å². The summed E-state index contributed by atoms with van der Waals surface area (Å²) in [5.74, 6) is 1.26. The number of benzene rings is 1. The zero-order valence-electron chi connectivity index (χ0n) is 13.1. The fraction of sp³-hybridized carbons (Fsp3) is 0.438. The maximum atomic E-state index is 9.14. The van der Waals surface area contributed by atoms with Gasteiger partial charge in [0.2, 0.25) is 11.9 Å². The van der Waals surface area contributed by atoms with Crippen LogP contribution in [0.1, 0.15) is 24.8 Å². The van der Waals surface area contributed by atoms with Gasteiger partial charge < -0.3 is 10.2 Å². The Morgan fingerprint density at radius 2 is 1.70 bits per heavy atom. The number of aromatic nitrogens is 3. The summed E-state index contributed by atoms with van der Waals surface area (Å²) in [6.45, 7) is 2.61. The van der Waals surface area contributed by atoms with Crippen molar-refractivity contribution in [1.82, 2.24) is 15.0 Å². The fourth-order valence-electron chi connectivity index (χ4n) is 2.69. The lowest BCUT2D eigenvalue weighted by Crippen LogP contribution is -2.31. The van der Waals surface area contributed by atoms with E-state index in [0.29, 0.717) is 11.9 Å². The molecule has 0 saturated carbocycles. The van der Waals surface area contributed by atoms with Crippen molar-refractivity contribution in [2.24, 2.45) is 0 Å². The largest absolute Gasteiger partial charge is 0.354 e. The molecular formula is C16H22N6O. The molecule has 1 saturated heterocycles. The minimum absolute atomic E-state index is 0.169. The molecule has 23 heavy (non-hydrogen) atoms. The molecule has 0 radical (unpaired) electrons. The average Bonchev–Trinajstić information content (AvgIpc) is 2.63. The first-order chi connectivity index (χ1) is 11.3. The van der Waals surface area contributed by atoms with Crippen LogP contribution in [-0.2, 0) is 6.42 Å². The molecule has 0 atom stereocenters. The first-order valence-corrected chi connectivity index (χ1v) is 8.04. The summed E-state index contributed by atoms with van der Waals surface area (Å²) in [6, 6.07) is 10.2. The van der Waals surface area contributed by atoms with Crippen molar-refractivity contribution < 1.29 is 5.21 Å². The highest BCUT2D eigenvalue weighted by Gasteiger charge is 2.16. The lowest BCUT2D eigenvalue weighted by molar-refractivity contribution is 0.382. The van der Waals surface area contributed by atoms with Crippen molar-refractivity contribution in [1.29, 1.82) is 0 Å². The van der Waals surface area contributed by atoms with Crippen molar-refractivity contribution in [3.05, 3.63) is 35.9 Å². The van der Waals surface area contributed by atoms with Gasteiger partial charge in [-0.15, -0.1) is 0 Å². The lowest BCUT2D eigenvalue weighted by atomic mass is 10.1. The van der Waals surface area contributed by atoms with E-state index in [-0.39, 0.29) is 5.95 Å². The molecule has 1 aliphatic rings. The molecule has 2 aromatic rings. The van der Waals surface area contributed by atoms with Crippen LogP contribution in [0.25, 0.3) is 0 Å². The van der Waals surface area contributed by atoms with E-state index in [1.54, 1.807) is 0 Å². The zero-order chi connectivity index (χ0) is 15.9. The summed E-state index contributed by atoms with van der Waals surface area (Å²) in [4.78, 5) is 15.0. The van der Waals surface area contributed by atoms with E-state index in [2.05, 4.69) is 37.3 Å². The van der Waals surface area contributed by atoms with E-state index in [9.17, 15) is 0 Å². The van der Waals surface area contributed by atoms with Gasteiger partial charge in [0, 0.05) is 19.6 Å². The van der Waals surface area contributed by atoms with Crippen molar-refractivity contribution in [3.63, 3.8) is 0 Å². The van der Waals surface area contributed by atoms with Gasteiger partial charge in [-0.1, -0.05) is 30.3 Å². The summed E-state index contributed by atoms with van der Waals surface area (Å²) in [7, 11) is 0. The van der Waals surface area contributed by atoms with Crippen molar-refractivity contribution in [3.8, 4) is 0 Å². The van der Waals surface area contributed by atoms with Crippen LogP contribution in [-0.4, -0.2) is 39.8 Å². The summed E-state index contributed by atoms with van der Waals surface area (Å²) in [5, 5.41) is 12.3. The van der Waals surface area contributed by atoms with Crippen LogP contribution in [0.5, 0.6) is 0 Å². The molecule has 0 bridgehead atoms. The third-order valence-corrected chi connectivity index (χ3v) is 3.90. The SMILES string of the molecule is ONc1nc(NCCc2ccccc2)nc(N2CCCCC2)n1. The summed E-state index contributed by atoms with van der Waals surface area (Å²) in [5.41, 5.74) is 3.28. The molecule has 2 heterocycles. The van der Waals surface area contributed by atoms with Crippen molar-refractivity contribution in [2.75, 3.05) is 35.3 Å². The van der Waals surface area contributed by atoms with Gasteiger partial charge in [-0.2, -0.15) is 15.0 Å². The van der Waals surface area contributed by atoms with Crippen LogP contribution in [0.4, 0.5) is 17.8 Å². The fourth-order valence-corrected chi connectivity index (χ4v) is 2.69. The third-order valence-electron chi connectivity index (χ3n) is 3.90. The predicted molar refractivity (Wildman–Crippen MR) is 89.9 cm³/mol. The topological polar surface area (TPSA) is 86.2 Å². The Kier molecular flexibility index (Phi) is 5.21. The van der Waals surface area contributed by atoms with Crippen LogP contribution in [0.15, 0.2) is 30.3 Å². The van der Waals surface area contributed by atoms with E-state index in [0.717, 1.165) is 38.9 Å². The van der Waals surface area contributed by atoms with Crippen LogP contribution < -0.4 is 15.7 Å².